The molecule has 10 heteroatoms. The van der Waals surface area contributed by atoms with Crippen LogP contribution in [0.2, 0.25) is 0 Å². The van der Waals surface area contributed by atoms with Gasteiger partial charge < -0.3 is 9.64 Å². The fraction of sp³-hybridized carbons (Fsp3) is 0.464. The van der Waals surface area contributed by atoms with Crippen LogP contribution in [0.15, 0.2) is 42.5 Å². The van der Waals surface area contributed by atoms with Crippen LogP contribution in [0.5, 0.6) is 5.75 Å². The minimum Gasteiger partial charge on any atom is -0.489 e. The Bertz CT molecular complexity index is 1230. The molecular formula is C28H33N4O5S+. The molecule has 3 heterocycles. The lowest BCUT2D eigenvalue weighted by molar-refractivity contribution is -0.136. The van der Waals surface area contributed by atoms with Gasteiger partial charge in [-0.1, -0.05) is 34.6 Å². The Kier molecular flexibility index (Phi) is 7.13. The lowest BCUT2D eigenvalue weighted by Gasteiger charge is -2.31. The molecule has 3 fully saturated rings. The van der Waals surface area contributed by atoms with E-state index in [4.69, 9.17) is 4.74 Å². The second-order valence-electron chi connectivity index (χ2n) is 10.5. The molecule has 2 unspecified atom stereocenters. The normalized spacial score (nSPS) is 23.3. The number of nitrogens with one attached hydrogen (secondary N) is 1. The number of piperazine rings is 1. The molecule has 0 aromatic heterocycles. The van der Waals surface area contributed by atoms with Crippen LogP contribution in [0.1, 0.15) is 52.7 Å². The largest absolute Gasteiger partial charge is 0.489 e. The van der Waals surface area contributed by atoms with Gasteiger partial charge in [0.05, 0.1) is 19.6 Å². The number of hydrogen-bond acceptors (Lipinski definition) is 7. The highest BCUT2D eigenvalue weighted by Crippen LogP contribution is 2.34. The number of rotatable bonds is 8. The zero-order chi connectivity index (χ0) is 26.2. The molecule has 1 saturated carbocycles. The third-order valence-corrected chi connectivity index (χ3v) is 9.74. The first-order valence-electron chi connectivity index (χ1n) is 13.3. The highest BCUT2D eigenvalue weighted by molar-refractivity contribution is 7.90. The van der Waals surface area contributed by atoms with Gasteiger partial charge in [0.15, 0.2) is 5.25 Å². The molecular weight excluding hydrogens is 504 g/mol. The van der Waals surface area contributed by atoms with Gasteiger partial charge in [0.1, 0.15) is 18.4 Å². The number of fused-ring (bicyclic) bond motifs is 1. The molecule has 0 bridgehead atoms. The van der Waals surface area contributed by atoms with Gasteiger partial charge in [-0.3, -0.25) is 24.6 Å². The van der Waals surface area contributed by atoms with E-state index in [0.29, 0.717) is 36.1 Å². The van der Waals surface area contributed by atoms with E-state index in [1.807, 2.05) is 6.07 Å². The highest BCUT2D eigenvalue weighted by atomic mass is 32.2. The number of amides is 3. The van der Waals surface area contributed by atoms with Crippen LogP contribution in [-0.2, 0) is 40.6 Å². The molecule has 3 aliphatic heterocycles. The van der Waals surface area contributed by atoms with Crippen LogP contribution in [0.3, 0.4) is 0 Å². The lowest BCUT2D eigenvalue weighted by Crippen LogP contribution is -2.52. The van der Waals surface area contributed by atoms with E-state index in [1.165, 1.54) is 18.4 Å². The number of ether oxygens (including phenoxy) is 1. The SMILES string of the molecule is O=C1CCC(N2Cc3c(OCc4ccc(CN5CCN([S+](O)C6CC6)CC5)cc4)cccc3C2=O)C(=O)N1. The third-order valence-electron chi connectivity index (χ3n) is 7.78. The summed E-state index contributed by atoms with van der Waals surface area (Å²) in [5, 5.41) is 2.85. The van der Waals surface area contributed by atoms with E-state index in [-0.39, 0.29) is 18.2 Å². The fourth-order valence-corrected chi connectivity index (χ4v) is 6.93. The predicted molar refractivity (Wildman–Crippen MR) is 143 cm³/mol. The van der Waals surface area contributed by atoms with Crippen molar-refractivity contribution in [3.8, 4) is 5.75 Å². The number of carbonyl (C=O) groups is 3. The Balaban J connectivity index is 1.03. The first-order valence-corrected chi connectivity index (χ1v) is 14.5. The topological polar surface area (TPSA) is 102 Å². The average molecular weight is 538 g/mol. The summed E-state index contributed by atoms with van der Waals surface area (Å²) in [6.45, 7) is 5.34. The number of piperidine rings is 1. The predicted octanol–water partition coefficient (Wildman–Crippen LogP) is 2.31. The Morgan fingerprint density at radius 1 is 0.947 bits per heavy atom. The summed E-state index contributed by atoms with van der Waals surface area (Å²) >= 11 is -0.547. The molecule has 2 aromatic carbocycles. The lowest BCUT2D eigenvalue weighted by atomic mass is 10.0. The molecule has 2 saturated heterocycles. The molecule has 38 heavy (non-hydrogen) atoms. The van der Waals surface area contributed by atoms with Crippen molar-refractivity contribution >= 4 is 29.1 Å². The van der Waals surface area contributed by atoms with Crippen molar-refractivity contribution in [1.29, 1.82) is 0 Å². The van der Waals surface area contributed by atoms with Crippen LogP contribution in [0.4, 0.5) is 0 Å². The van der Waals surface area contributed by atoms with Crippen molar-refractivity contribution in [3.63, 3.8) is 0 Å². The maximum atomic E-state index is 13.0. The van der Waals surface area contributed by atoms with Crippen molar-refractivity contribution in [3.05, 3.63) is 64.7 Å². The summed E-state index contributed by atoms with van der Waals surface area (Å²) in [7, 11) is 0. The summed E-state index contributed by atoms with van der Waals surface area (Å²) in [5.41, 5.74) is 3.62. The number of carbonyl (C=O) groups excluding carboxylic acids is 3. The van der Waals surface area contributed by atoms with Crippen LogP contribution in [0, 0.1) is 0 Å². The molecule has 9 nitrogen and oxygen atoms in total. The molecule has 6 rings (SSSR count). The summed E-state index contributed by atoms with van der Waals surface area (Å²) in [4.78, 5) is 40.8. The Labute approximate surface area is 225 Å². The van der Waals surface area contributed by atoms with Gasteiger partial charge in [0, 0.05) is 50.0 Å². The quantitative estimate of drug-likeness (QED) is 0.394. The van der Waals surface area contributed by atoms with Crippen molar-refractivity contribution in [1.82, 2.24) is 19.4 Å². The molecule has 0 radical (unpaired) electrons. The zero-order valence-electron chi connectivity index (χ0n) is 21.3. The second-order valence-corrected chi connectivity index (χ2v) is 12.3. The van der Waals surface area contributed by atoms with Gasteiger partial charge in [-0.15, -0.1) is 0 Å². The van der Waals surface area contributed by atoms with E-state index in [9.17, 15) is 18.9 Å². The smallest absolute Gasteiger partial charge is 0.255 e. The fourth-order valence-electron chi connectivity index (χ4n) is 5.42. The summed E-state index contributed by atoms with van der Waals surface area (Å²) in [6, 6.07) is 13.2. The summed E-state index contributed by atoms with van der Waals surface area (Å²) < 4.78 is 18.8. The Morgan fingerprint density at radius 2 is 1.68 bits per heavy atom. The molecule has 3 amide bonds. The Hall–Kier alpha value is -2.92. The maximum absolute atomic E-state index is 13.0. The standard InChI is InChI=1S/C28H32N4O5S/c33-26-11-10-24(27(34)29-26)32-17-23-22(28(32)35)2-1-3-25(23)37-18-20-6-4-19(5-7-20)16-30-12-14-31(15-13-30)38(36)21-8-9-21/h1-7,21,24,36H,8-18H2/p+1. The first kappa shape index (κ1) is 25.4. The van der Waals surface area contributed by atoms with Crippen molar-refractivity contribution in [2.75, 3.05) is 26.2 Å². The zero-order valence-corrected chi connectivity index (χ0v) is 22.1. The van der Waals surface area contributed by atoms with E-state index in [1.54, 1.807) is 17.0 Å². The minimum absolute atomic E-state index is 0.201. The van der Waals surface area contributed by atoms with Gasteiger partial charge in [-0.25, -0.2) is 0 Å². The first-order chi connectivity index (χ1) is 18.5. The van der Waals surface area contributed by atoms with Crippen LogP contribution in [-0.4, -0.2) is 73.9 Å². The average Bonchev–Trinajstić information content (AvgIpc) is 3.72. The van der Waals surface area contributed by atoms with Gasteiger partial charge in [-0.2, -0.15) is 4.55 Å². The maximum Gasteiger partial charge on any atom is 0.255 e. The second kappa shape index (κ2) is 10.7. The molecule has 1 aliphatic carbocycles. The third kappa shape index (κ3) is 5.31. The Morgan fingerprint density at radius 3 is 2.39 bits per heavy atom. The van der Waals surface area contributed by atoms with Crippen molar-refractivity contribution < 1.29 is 23.7 Å². The highest BCUT2D eigenvalue weighted by Gasteiger charge is 2.46. The van der Waals surface area contributed by atoms with Crippen LogP contribution < -0.4 is 10.1 Å². The summed E-state index contributed by atoms with van der Waals surface area (Å²) in [6.07, 6.45) is 2.91. The van der Waals surface area contributed by atoms with E-state index >= 15 is 0 Å². The molecule has 2 N–H and O–H groups in total. The van der Waals surface area contributed by atoms with Gasteiger partial charge in [0.2, 0.25) is 23.2 Å². The van der Waals surface area contributed by atoms with Crippen molar-refractivity contribution in [2.45, 2.75) is 56.7 Å². The van der Waals surface area contributed by atoms with Crippen LogP contribution in [0.25, 0.3) is 0 Å². The van der Waals surface area contributed by atoms with Gasteiger partial charge >= 0.3 is 0 Å². The van der Waals surface area contributed by atoms with Crippen molar-refractivity contribution in [2.24, 2.45) is 0 Å². The minimum atomic E-state index is -0.639. The summed E-state index contributed by atoms with van der Waals surface area (Å²) in [5.74, 6) is -0.269. The van der Waals surface area contributed by atoms with E-state index in [0.717, 1.165) is 43.9 Å². The van der Waals surface area contributed by atoms with E-state index < -0.39 is 23.3 Å². The number of benzene rings is 2. The molecule has 2 aromatic rings. The number of imide groups is 1. The van der Waals surface area contributed by atoms with Crippen LogP contribution >= 0.6 is 0 Å². The van der Waals surface area contributed by atoms with Gasteiger partial charge in [-0.05, 0) is 29.7 Å². The monoisotopic (exact) mass is 537 g/mol. The molecule has 0 spiro atoms. The molecule has 2 atom stereocenters. The molecule has 4 aliphatic rings. The van der Waals surface area contributed by atoms with Gasteiger partial charge in [0.25, 0.3) is 5.91 Å². The van der Waals surface area contributed by atoms with E-state index in [2.05, 4.69) is 38.8 Å². The number of nitrogens with zero attached hydrogens (tertiary/aromatic N) is 3. The number of hydrogen-bond donors (Lipinski definition) is 2. The molecule has 200 valence electrons.